The summed E-state index contributed by atoms with van der Waals surface area (Å²) >= 11 is 0. The predicted molar refractivity (Wildman–Crippen MR) is 243 cm³/mol. The van der Waals surface area contributed by atoms with Gasteiger partial charge >= 0.3 is 0 Å². The quantitative estimate of drug-likeness (QED) is 0.0691. The van der Waals surface area contributed by atoms with Crippen LogP contribution in [-0.4, -0.2) is 84.8 Å². The Hall–Kier alpha value is -5.12. The van der Waals surface area contributed by atoms with Gasteiger partial charge in [-0.1, -0.05) is 182 Å². The first-order valence-electron chi connectivity index (χ1n) is 22.3. The van der Waals surface area contributed by atoms with Crippen LogP contribution in [0.1, 0.15) is 33.4 Å². The Morgan fingerprint density at radius 1 is 0.354 bits per heavy atom. The summed E-state index contributed by atoms with van der Waals surface area (Å²) in [5.74, 6) is 0. The van der Waals surface area contributed by atoms with Crippen molar-refractivity contribution in [3.05, 3.63) is 215 Å². The van der Waals surface area contributed by atoms with Crippen molar-refractivity contribution in [1.82, 2.24) is 0 Å². The van der Waals surface area contributed by atoms with E-state index in [9.17, 15) is 10.2 Å². The van der Waals surface area contributed by atoms with Crippen LogP contribution in [0.3, 0.4) is 0 Å². The minimum absolute atomic E-state index is 0.116. The Kier molecular flexibility index (Phi) is 17.4. The van der Waals surface area contributed by atoms with Crippen molar-refractivity contribution in [3.63, 3.8) is 0 Å². The van der Waals surface area contributed by atoms with Gasteiger partial charge in [0.15, 0.2) is 12.6 Å². The largest absolute Gasteiger partial charge is 0.394 e. The van der Waals surface area contributed by atoms with Gasteiger partial charge in [0.1, 0.15) is 48.8 Å². The summed E-state index contributed by atoms with van der Waals surface area (Å²) in [5.41, 5.74) is 5.66. The van der Waals surface area contributed by atoms with Crippen LogP contribution in [0.15, 0.2) is 182 Å². The van der Waals surface area contributed by atoms with Crippen LogP contribution < -0.4 is 0 Å². The van der Waals surface area contributed by atoms with E-state index in [1.807, 2.05) is 182 Å². The summed E-state index contributed by atoms with van der Waals surface area (Å²) < 4.78 is 60.5. The van der Waals surface area contributed by atoms with Gasteiger partial charge < -0.3 is 52.8 Å². The Morgan fingerprint density at radius 3 is 1.09 bits per heavy atom. The van der Waals surface area contributed by atoms with Gasteiger partial charge in [0.05, 0.1) is 52.9 Å². The van der Waals surface area contributed by atoms with Gasteiger partial charge in [0.2, 0.25) is 0 Å². The second-order valence-corrected chi connectivity index (χ2v) is 16.2. The van der Waals surface area contributed by atoms with E-state index in [0.717, 1.165) is 33.4 Å². The molecule has 2 N–H and O–H groups in total. The van der Waals surface area contributed by atoms with Crippen molar-refractivity contribution >= 4 is 0 Å². The highest BCUT2D eigenvalue weighted by atomic mass is 16.7. The van der Waals surface area contributed by atoms with Gasteiger partial charge in [-0.3, -0.25) is 0 Å². The number of aliphatic hydroxyl groups is 2. The molecule has 0 unspecified atom stereocenters. The van der Waals surface area contributed by atoms with E-state index in [2.05, 4.69) is 0 Å². The van der Waals surface area contributed by atoms with Gasteiger partial charge in [0, 0.05) is 0 Å². The Bertz CT molecular complexity index is 2210. The molecule has 2 aliphatic heterocycles. The van der Waals surface area contributed by atoms with E-state index in [0.29, 0.717) is 6.61 Å². The third kappa shape index (κ3) is 13.3. The van der Waals surface area contributed by atoms with Gasteiger partial charge in [-0.25, -0.2) is 0 Å². The van der Waals surface area contributed by atoms with E-state index >= 15 is 0 Å². The lowest BCUT2D eigenvalue weighted by atomic mass is 9.95. The second kappa shape index (κ2) is 24.4. The molecule has 2 fully saturated rings. The Morgan fingerprint density at radius 2 is 0.692 bits per heavy atom. The van der Waals surface area contributed by atoms with E-state index in [1.54, 1.807) is 0 Å². The summed E-state index contributed by atoms with van der Waals surface area (Å²) in [7, 11) is 0. The minimum Gasteiger partial charge on any atom is -0.394 e. The average molecular weight is 883 g/mol. The normalized spacial score (nSPS) is 25.6. The molecule has 2 heterocycles. The van der Waals surface area contributed by atoms with Gasteiger partial charge in [-0.2, -0.15) is 0 Å². The predicted octanol–water partition coefficient (Wildman–Crippen LogP) is 7.95. The molecular weight excluding hydrogens is 825 g/mol. The first-order chi connectivity index (χ1) is 32.1. The highest BCUT2D eigenvalue weighted by Gasteiger charge is 2.54. The zero-order chi connectivity index (χ0) is 44.5. The number of rotatable bonds is 22. The molecule has 11 nitrogen and oxygen atoms in total. The number of hydrogen-bond donors (Lipinski definition) is 2. The van der Waals surface area contributed by atoms with Crippen molar-refractivity contribution < 1.29 is 52.8 Å². The van der Waals surface area contributed by atoms with Crippen LogP contribution >= 0.6 is 0 Å². The highest BCUT2D eigenvalue weighted by Crippen LogP contribution is 2.36. The molecule has 2 aliphatic rings. The van der Waals surface area contributed by atoms with Crippen molar-refractivity contribution in [3.8, 4) is 0 Å². The van der Waals surface area contributed by atoms with E-state index in [4.69, 9.17) is 42.6 Å². The maximum Gasteiger partial charge on any atom is 0.187 e. The Balaban J connectivity index is 1.16. The molecule has 0 spiro atoms. The lowest BCUT2D eigenvalue weighted by Gasteiger charge is -2.49. The molecule has 11 heteroatoms. The topological polar surface area (TPSA) is 124 Å². The van der Waals surface area contributed by atoms with Gasteiger partial charge in [-0.15, -0.1) is 0 Å². The molecule has 6 aromatic carbocycles. The number of ether oxygens (including phenoxy) is 9. The second-order valence-electron chi connectivity index (χ2n) is 16.2. The first kappa shape index (κ1) is 46.4. The van der Waals surface area contributed by atoms with Crippen molar-refractivity contribution in [2.24, 2.45) is 0 Å². The smallest absolute Gasteiger partial charge is 0.187 e. The summed E-state index contributed by atoms with van der Waals surface area (Å²) in [6.45, 7) is 0.970. The molecule has 8 rings (SSSR count). The Labute approximate surface area is 381 Å². The SMILES string of the molecule is OC[C@H]1O[C@H](O)[C@H](OCc2ccccc2)[C@@H](OCc2ccccc2)[C@@H]1O[C@H]1O[C@H](COCc2ccccc2)[C@@H](OCc2ccccc2)[C@H](OCc2ccccc2)[C@@H]1OCc1ccccc1. The van der Waals surface area contributed by atoms with Crippen molar-refractivity contribution in [2.45, 2.75) is 101 Å². The summed E-state index contributed by atoms with van der Waals surface area (Å²) in [6, 6.07) is 59.0. The number of aliphatic hydroxyl groups excluding tert-OH is 2. The van der Waals surface area contributed by atoms with Gasteiger partial charge in [-0.05, 0) is 33.4 Å². The highest BCUT2D eigenvalue weighted by molar-refractivity contribution is 5.18. The molecule has 0 amide bonds. The van der Waals surface area contributed by atoms with Crippen molar-refractivity contribution in [1.29, 1.82) is 0 Å². The standard InChI is InChI=1S/C54H58O11/c55-31-45-48(50(60-35-42-25-13-4-14-26-42)51(53(56)63-45)61-36-43-27-15-5-16-28-43)65-54-52(62-37-44-29-17-6-18-30-44)49(59-34-41-23-11-3-12-24-41)47(58-33-40-21-9-2-10-22-40)46(64-54)38-57-32-39-19-7-1-8-20-39/h1-30,45-56H,31-38H2/t45-,46-,47-,48-,49+,50+,51-,52+,53+,54-/m1/s1. The third-order valence-corrected chi connectivity index (χ3v) is 11.5. The lowest BCUT2D eigenvalue weighted by Crippen LogP contribution is -2.66. The monoisotopic (exact) mass is 882 g/mol. The van der Waals surface area contributed by atoms with Gasteiger partial charge in [0.25, 0.3) is 0 Å². The maximum atomic E-state index is 11.5. The fourth-order valence-electron chi connectivity index (χ4n) is 8.12. The summed E-state index contributed by atoms with van der Waals surface area (Å²) in [5, 5.41) is 22.5. The molecule has 0 aliphatic carbocycles. The number of hydrogen-bond acceptors (Lipinski definition) is 11. The van der Waals surface area contributed by atoms with Crippen LogP contribution in [0.25, 0.3) is 0 Å². The van der Waals surface area contributed by atoms with E-state index < -0.39 is 68.0 Å². The van der Waals surface area contributed by atoms with Crippen LogP contribution in [0.4, 0.5) is 0 Å². The molecule has 340 valence electrons. The zero-order valence-corrected chi connectivity index (χ0v) is 36.3. The first-order valence-corrected chi connectivity index (χ1v) is 22.3. The summed E-state index contributed by atoms with van der Waals surface area (Å²) in [6.07, 6.45) is -9.81. The van der Waals surface area contributed by atoms with Crippen LogP contribution in [0.2, 0.25) is 0 Å². The molecule has 65 heavy (non-hydrogen) atoms. The van der Waals surface area contributed by atoms with Crippen LogP contribution in [-0.2, 0) is 82.3 Å². The van der Waals surface area contributed by atoms with Crippen LogP contribution in [0.5, 0.6) is 0 Å². The molecule has 6 aromatic rings. The lowest BCUT2D eigenvalue weighted by molar-refractivity contribution is -0.373. The molecule has 10 atom stereocenters. The van der Waals surface area contributed by atoms with E-state index in [1.165, 1.54) is 0 Å². The average Bonchev–Trinajstić information content (AvgIpc) is 3.36. The summed E-state index contributed by atoms with van der Waals surface area (Å²) in [4.78, 5) is 0. The fourth-order valence-corrected chi connectivity index (χ4v) is 8.12. The molecule has 0 bridgehead atoms. The number of benzene rings is 6. The molecule has 0 saturated carbocycles. The van der Waals surface area contributed by atoms with Crippen molar-refractivity contribution in [2.75, 3.05) is 13.2 Å². The van der Waals surface area contributed by atoms with E-state index in [-0.39, 0.29) is 39.6 Å². The zero-order valence-electron chi connectivity index (χ0n) is 36.3. The molecule has 0 radical (unpaired) electrons. The fraction of sp³-hybridized carbons (Fsp3) is 0.333. The molecule has 2 saturated heterocycles. The molecular formula is C54H58O11. The maximum absolute atomic E-state index is 11.5. The molecule has 0 aromatic heterocycles. The third-order valence-electron chi connectivity index (χ3n) is 11.5. The van der Waals surface area contributed by atoms with Crippen LogP contribution in [0, 0.1) is 0 Å². The minimum atomic E-state index is -1.45.